The third kappa shape index (κ3) is 2.55. The highest BCUT2D eigenvalue weighted by Gasteiger charge is 2.25. The number of fused-ring (bicyclic) bond motifs is 1. The van der Waals surface area contributed by atoms with E-state index in [0.29, 0.717) is 12.2 Å². The lowest BCUT2D eigenvalue weighted by Gasteiger charge is -2.21. The monoisotopic (exact) mass is 242 g/mol. The topological polar surface area (TPSA) is 17.1 Å². The number of hydrogen-bond donors (Lipinski definition) is 0. The Morgan fingerprint density at radius 2 is 2.00 bits per heavy atom. The van der Waals surface area contributed by atoms with Crippen molar-refractivity contribution in [1.82, 2.24) is 0 Å². The molecule has 0 fully saturated rings. The number of rotatable bonds is 3. The molecule has 1 aromatic carbocycles. The number of allylic oxidation sites excluding steroid dienone is 1. The Balaban J connectivity index is 2.51. The molecule has 0 radical (unpaired) electrons. The van der Waals surface area contributed by atoms with Crippen molar-refractivity contribution in [2.75, 3.05) is 0 Å². The summed E-state index contributed by atoms with van der Waals surface area (Å²) in [5.41, 5.74) is 5.01. The van der Waals surface area contributed by atoms with E-state index in [0.717, 1.165) is 24.8 Å². The molecule has 0 aromatic heterocycles. The van der Waals surface area contributed by atoms with Crippen molar-refractivity contribution in [1.29, 1.82) is 0 Å². The van der Waals surface area contributed by atoms with Crippen LogP contribution in [0.4, 0.5) is 0 Å². The average Bonchev–Trinajstić information content (AvgIpc) is 2.62. The number of benzene rings is 1. The Bertz CT molecular complexity index is 489. The molecule has 1 nitrogen and oxygen atoms in total. The number of carbonyl (C=O) groups excluding carboxylic acids is 1. The van der Waals surface area contributed by atoms with Gasteiger partial charge in [0, 0.05) is 12.0 Å². The molecule has 0 aliphatic heterocycles. The van der Waals surface area contributed by atoms with Gasteiger partial charge in [-0.25, -0.2) is 0 Å². The summed E-state index contributed by atoms with van der Waals surface area (Å²) >= 11 is 0. The maximum absolute atomic E-state index is 12.0. The van der Waals surface area contributed by atoms with Crippen molar-refractivity contribution in [3.8, 4) is 0 Å². The highest BCUT2D eigenvalue weighted by atomic mass is 16.1. The lowest BCUT2D eigenvalue weighted by molar-refractivity contribution is 0.0993. The third-order valence-electron chi connectivity index (χ3n) is 3.47. The minimum Gasteiger partial charge on any atom is -0.294 e. The molecule has 0 heterocycles. The standard InChI is InChI=1S/C17H22O/c1-5-6-14-13(11-17(2,3)4)8-7-12-9-10-15(18)16(12)14/h5,7-8H,1,6,9-11H2,2-4H3. The van der Waals surface area contributed by atoms with E-state index in [-0.39, 0.29) is 5.41 Å². The van der Waals surface area contributed by atoms with Crippen molar-refractivity contribution in [2.24, 2.45) is 5.41 Å². The maximum Gasteiger partial charge on any atom is 0.163 e. The summed E-state index contributed by atoms with van der Waals surface area (Å²) in [6.45, 7) is 10.5. The molecule has 0 N–H and O–H groups in total. The molecule has 0 unspecified atom stereocenters. The van der Waals surface area contributed by atoms with Crippen LogP contribution in [0, 0.1) is 5.41 Å². The second-order valence-corrected chi connectivity index (χ2v) is 6.39. The molecule has 1 aliphatic rings. The molecule has 1 heteroatoms. The van der Waals surface area contributed by atoms with Gasteiger partial charge in [0.2, 0.25) is 0 Å². The Kier molecular flexibility index (Phi) is 3.43. The van der Waals surface area contributed by atoms with Gasteiger partial charge in [-0.15, -0.1) is 6.58 Å². The predicted molar refractivity (Wildman–Crippen MR) is 76.2 cm³/mol. The van der Waals surface area contributed by atoms with Crippen molar-refractivity contribution >= 4 is 5.78 Å². The third-order valence-corrected chi connectivity index (χ3v) is 3.47. The van der Waals surface area contributed by atoms with E-state index >= 15 is 0 Å². The molecule has 1 aliphatic carbocycles. The zero-order valence-corrected chi connectivity index (χ0v) is 11.7. The van der Waals surface area contributed by atoms with Crippen LogP contribution in [0.3, 0.4) is 0 Å². The summed E-state index contributed by atoms with van der Waals surface area (Å²) in [6.07, 6.45) is 5.32. The van der Waals surface area contributed by atoms with E-state index in [1.165, 1.54) is 16.7 Å². The van der Waals surface area contributed by atoms with E-state index in [1.807, 2.05) is 6.08 Å². The lowest BCUT2D eigenvalue weighted by atomic mass is 9.83. The van der Waals surface area contributed by atoms with Crippen LogP contribution in [-0.4, -0.2) is 5.78 Å². The summed E-state index contributed by atoms with van der Waals surface area (Å²) in [6, 6.07) is 4.36. The highest BCUT2D eigenvalue weighted by molar-refractivity contribution is 6.02. The van der Waals surface area contributed by atoms with Gasteiger partial charge < -0.3 is 0 Å². The van der Waals surface area contributed by atoms with Gasteiger partial charge in [-0.05, 0) is 41.4 Å². The Morgan fingerprint density at radius 3 is 2.61 bits per heavy atom. The molecular formula is C17H22O. The SMILES string of the molecule is C=CCc1c(CC(C)(C)C)ccc2c1C(=O)CC2. The summed E-state index contributed by atoms with van der Waals surface area (Å²) in [7, 11) is 0. The van der Waals surface area contributed by atoms with Crippen LogP contribution in [0.25, 0.3) is 0 Å². The minimum absolute atomic E-state index is 0.242. The maximum atomic E-state index is 12.0. The number of carbonyl (C=O) groups is 1. The zero-order chi connectivity index (χ0) is 13.3. The first-order valence-electron chi connectivity index (χ1n) is 6.70. The van der Waals surface area contributed by atoms with Crippen LogP contribution in [0.2, 0.25) is 0 Å². The summed E-state index contributed by atoms with van der Waals surface area (Å²) in [4.78, 5) is 12.0. The first-order chi connectivity index (χ1) is 8.42. The second-order valence-electron chi connectivity index (χ2n) is 6.39. The lowest BCUT2D eigenvalue weighted by Crippen LogP contribution is -2.13. The fourth-order valence-corrected chi connectivity index (χ4v) is 2.78. The van der Waals surface area contributed by atoms with Gasteiger partial charge in [0.05, 0.1) is 0 Å². The first-order valence-corrected chi connectivity index (χ1v) is 6.70. The Morgan fingerprint density at radius 1 is 1.28 bits per heavy atom. The van der Waals surface area contributed by atoms with Crippen molar-refractivity contribution in [2.45, 2.75) is 46.5 Å². The number of aryl methyl sites for hydroxylation is 1. The molecule has 1 aromatic rings. The number of Topliss-reactive ketones (excluding diaryl/α,β-unsaturated/α-hetero) is 1. The highest BCUT2D eigenvalue weighted by Crippen LogP contribution is 2.31. The van der Waals surface area contributed by atoms with Gasteiger partial charge in [0.15, 0.2) is 5.78 Å². The Hall–Kier alpha value is -1.37. The van der Waals surface area contributed by atoms with Gasteiger partial charge in [0.25, 0.3) is 0 Å². The van der Waals surface area contributed by atoms with Crippen LogP contribution < -0.4 is 0 Å². The smallest absolute Gasteiger partial charge is 0.163 e. The molecule has 18 heavy (non-hydrogen) atoms. The minimum atomic E-state index is 0.242. The largest absolute Gasteiger partial charge is 0.294 e. The van der Waals surface area contributed by atoms with Gasteiger partial charge >= 0.3 is 0 Å². The molecule has 0 atom stereocenters. The van der Waals surface area contributed by atoms with E-state index < -0.39 is 0 Å². The quantitative estimate of drug-likeness (QED) is 0.728. The normalized spacial score (nSPS) is 14.7. The summed E-state index contributed by atoms with van der Waals surface area (Å²) in [5, 5.41) is 0. The Labute approximate surface area is 110 Å². The van der Waals surface area contributed by atoms with Gasteiger partial charge in [-0.1, -0.05) is 39.0 Å². The predicted octanol–water partition coefficient (Wildman–Crippen LogP) is 4.13. The summed E-state index contributed by atoms with van der Waals surface area (Å²) in [5.74, 6) is 0.317. The van der Waals surface area contributed by atoms with Crippen LogP contribution in [0.1, 0.15) is 54.2 Å². The van der Waals surface area contributed by atoms with Crippen LogP contribution in [-0.2, 0) is 19.3 Å². The molecule has 96 valence electrons. The molecular weight excluding hydrogens is 220 g/mol. The van der Waals surface area contributed by atoms with Gasteiger partial charge in [-0.3, -0.25) is 4.79 Å². The van der Waals surface area contributed by atoms with E-state index in [9.17, 15) is 4.79 Å². The average molecular weight is 242 g/mol. The first kappa shape index (κ1) is 13.1. The van der Waals surface area contributed by atoms with E-state index in [1.54, 1.807) is 0 Å². The van der Waals surface area contributed by atoms with E-state index in [4.69, 9.17) is 0 Å². The van der Waals surface area contributed by atoms with Gasteiger partial charge in [0.1, 0.15) is 0 Å². The van der Waals surface area contributed by atoms with Gasteiger partial charge in [-0.2, -0.15) is 0 Å². The molecule has 0 saturated carbocycles. The number of hydrogen-bond acceptors (Lipinski definition) is 1. The summed E-state index contributed by atoms with van der Waals surface area (Å²) < 4.78 is 0. The van der Waals surface area contributed by atoms with Crippen LogP contribution in [0.15, 0.2) is 24.8 Å². The molecule has 2 rings (SSSR count). The van der Waals surface area contributed by atoms with Crippen LogP contribution >= 0.6 is 0 Å². The van der Waals surface area contributed by atoms with Crippen molar-refractivity contribution in [3.05, 3.63) is 47.0 Å². The number of ketones is 1. The fraction of sp³-hybridized carbons (Fsp3) is 0.471. The van der Waals surface area contributed by atoms with Crippen LogP contribution in [0.5, 0.6) is 0 Å². The molecule has 0 spiro atoms. The second kappa shape index (κ2) is 4.72. The fourth-order valence-electron chi connectivity index (χ4n) is 2.78. The molecule has 0 saturated heterocycles. The zero-order valence-electron chi connectivity index (χ0n) is 11.7. The molecule has 0 bridgehead atoms. The van der Waals surface area contributed by atoms with E-state index in [2.05, 4.69) is 39.5 Å². The van der Waals surface area contributed by atoms with Crippen molar-refractivity contribution in [3.63, 3.8) is 0 Å². The molecule has 0 amide bonds. The van der Waals surface area contributed by atoms with Crippen molar-refractivity contribution < 1.29 is 4.79 Å².